The van der Waals surface area contributed by atoms with E-state index in [1.54, 1.807) is 7.11 Å². The van der Waals surface area contributed by atoms with Crippen molar-refractivity contribution in [1.29, 1.82) is 0 Å². The summed E-state index contributed by atoms with van der Waals surface area (Å²) in [6.07, 6.45) is 3.30. The first-order valence-electron chi connectivity index (χ1n) is 10.6. The molecule has 5 heteroatoms. The molecule has 31 heavy (non-hydrogen) atoms. The summed E-state index contributed by atoms with van der Waals surface area (Å²) in [7, 11) is 1.64. The number of carbonyl (C=O) groups is 1. The number of halogens is 1. The molecule has 1 atom stereocenters. The molecular weight excluding hydrogens is 454 g/mol. The summed E-state index contributed by atoms with van der Waals surface area (Å²) in [5.74, 6) is 0.711. The smallest absolute Gasteiger partial charge is 0.414 e. The maximum Gasteiger partial charge on any atom is 0.414 e. The third-order valence-corrected chi connectivity index (χ3v) is 6.36. The van der Waals surface area contributed by atoms with Gasteiger partial charge in [-0.1, -0.05) is 60.7 Å². The summed E-state index contributed by atoms with van der Waals surface area (Å²) in [4.78, 5) is 15.1. The van der Waals surface area contributed by atoms with Crippen LogP contribution in [0.25, 0.3) is 0 Å². The van der Waals surface area contributed by atoms with Crippen molar-refractivity contribution in [2.75, 3.05) is 12.0 Å². The number of nitrogens with zero attached hydrogens (tertiary/aromatic N) is 1. The molecule has 1 heterocycles. The summed E-state index contributed by atoms with van der Waals surface area (Å²) in [6, 6.07) is 24.2. The van der Waals surface area contributed by atoms with Gasteiger partial charge in [-0.05, 0) is 64.4 Å². The van der Waals surface area contributed by atoms with Crippen LogP contribution in [0.5, 0.6) is 5.75 Å². The number of hydrogen-bond acceptors (Lipinski definition) is 3. The predicted molar refractivity (Wildman–Crippen MR) is 127 cm³/mol. The minimum atomic E-state index is -0.313. The number of methoxy groups -OCH3 is 1. The summed E-state index contributed by atoms with van der Waals surface area (Å²) in [5.41, 5.74) is 4.25. The van der Waals surface area contributed by atoms with Crippen LogP contribution in [0.4, 0.5) is 10.5 Å². The molecule has 3 aromatic rings. The van der Waals surface area contributed by atoms with Crippen molar-refractivity contribution in [2.24, 2.45) is 0 Å². The molecule has 160 valence electrons. The number of fused-ring (bicyclic) bond motifs is 1. The van der Waals surface area contributed by atoms with Crippen molar-refractivity contribution in [3.8, 4) is 5.75 Å². The number of ether oxygens (including phenoxy) is 2. The van der Waals surface area contributed by atoms with Crippen LogP contribution in [-0.2, 0) is 24.2 Å². The molecule has 1 amide bonds. The van der Waals surface area contributed by atoms with Crippen LogP contribution >= 0.6 is 15.9 Å². The van der Waals surface area contributed by atoms with Crippen LogP contribution in [0, 0.1) is 0 Å². The molecule has 0 aliphatic carbocycles. The van der Waals surface area contributed by atoms with E-state index in [1.807, 2.05) is 47.4 Å². The van der Waals surface area contributed by atoms with E-state index in [0.717, 1.165) is 47.0 Å². The van der Waals surface area contributed by atoms with Gasteiger partial charge in [0.2, 0.25) is 0 Å². The van der Waals surface area contributed by atoms with Gasteiger partial charge in [-0.25, -0.2) is 4.79 Å². The highest BCUT2D eigenvalue weighted by atomic mass is 79.9. The number of anilines is 1. The Morgan fingerprint density at radius 1 is 1.03 bits per heavy atom. The Hall–Kier alpha value is -2.79. The van der Waals surface area contributed by atoms with Gasteiger partial charge in [-0.2, -0.15) is 0 Å². The lowest BCUT2D eigenvalue weighted by atomic mass is 9.92. The average Bonchev–Trinajstić information content (AvgIpc) is 2.81. The summed E-state index contributed by atoms with van der Waals surface area (Å²) in [6.45, 7) is 0.255. The average molecular weight is 480 g/mol. The fourth-order valence-electron chi connectivity index (χ4n) is 4.10. The van der Waals surface area contributed by atoms with Gasteiger partial charge < -0.3 is 9.47 Å². The molecule has 4 rings (SSSR count). The highest BCUT2D eigenvalue weighted by molar-refractivity contribution is 9.10. The van der Waals surface area contributed by atoms with Crippen molar-refractivity contribution in [3.63, 3.8) is 0 Å². The summed E-state index contributed by atoms with van der Waals surface area (Å²) in [5, 5.41) is 0. The zero-order chi connectivity index (χ0) is 21.6. The second kappa shape index (κ2) is 10.0. The molecule has 0 radical (unpaired) electrons. The standard InChI is InChI=1S/C26H26BrNO3/c1-30-25-17-24-21(16-23(25)27)13-15-22(14-12-19-8-4-2-5-9-19)28(24)26(29)31-18-20-10-6-3-7-11-20/h2-11,16-17,22H,12-15,18H2,1H3. The molecule has 0 N–H and O–H groups in total. The molecule has 4 nitrogen and oxygen atoms in total. The van der Waals surface area contributed by atoms with Crippen molar-refractivity contribution in [2.45, 2.75) is 38.3 Å². The van der Waals surface area contributed by atoms with E-state index >= 15 is 0 Å². The molecule has 1 unspecified atom stereocenters. The van der Waals surface area contributed by atoms with Crippen molar-refractivity contribution < 1.29 is 14.3 Å². The number of hydrogen-bond donors (Lipinski definition) is 0. The number of benzene rings is 3. The Morgan fingerprint density at radius 2 is 1.71 bits per heavy atom. The number of amides is 1. The minimum absolute atomic E-state index is 0.0712. The summed E-state index contributed by atoms with van der Waals surface area (Å²) < 4.78 is 12.1. The van der Waals surface area contributed by atoms with Gasteiger partial charge in [0.05, 0.1) is 17.3 Å². The van der Waals surface area contributed by atoms with E-state index in [2.05, 4.69) is 46.3 Å². The molecule has 0 saturated heterocycles. The minimum Gasteiger partial charge on any atom is -0.495 e. The molecule has 0 saturated carbocycles. The fourth-order valence-corrected chi connectivity index (χ4v) is 4.65. The van der Waals surface area contributed by atoms with Gasteiger partial charge in [0.1, 0.15) is 12.4 Å². The third kappa shape index (κ3) is 5.10. The van der Waals surface area contributed by atoms with Crippen LogP contribution in [0.3, 0.4) is 0 Å². The Balaban J connectivity index is 1.58. The first kappa shape index (κ1) is 21.4. The molecule has 1 aliphatic heterocycles. The number of rotatable bonds is 6. The van der Waals surface area contributed by atoms with Crippen LogP contribution in [-0.4, -0.2) is 19.2 Å². The van der Waals surface area contributed by atoms with Crippen LogP contribution in [0.2, 0.25) is 0 Å². The van der Waals surface area contributed by atoms with E-state index in [1.165, 1.54) is 5.56 Å². The molecule has 0 bridgehead atoms. The lowest BCUT2D eigenvalue weighted by molar-refractivity contribution is 0.143. The zero-order valence-corrected chi connectivity index (χ0v) is 19.2. The molecule has 1 aliphatic rings. The maximum absolute atomic E-state index is 13.3. The van der Waals surface area contributed by atoms with Gasteiger partial charge in [-0.15, -0.1) is 0 Å². The first-order valence-corrected chi connectivity index (χ1v) is 11.3. The van der Waals surface area contributed by atoms with Gasteiger partial charge >= 0.3 is 6.09 Å². The lowest BCUT2D eigenvalue weighted by Crippen LogP contribution is -2.44. The van der Waals surface area contributed by atoms with E-state index < -0.39 is 0 Å². The van der Waals surface area contributed by atoms with E-state index in [9.17, 15) is 4.79 Å². The normalized spacial score (nSPS) is 15.3. The van der Waals surface area contributed by atoms with Crippen LogP contribution in [0.15, 0.2) is 77.3 Å². The second-order valence-corrected chi connectivity index (χ2v) is 8.60. The molecule has 0 aromatic heterocycles. The zero-order valence-electron chi connectivity index (χ0n) is 17.6. The van der Waals surface area contributed by atoms with Crippen LogP contribution in [0.1, 0.15) is 29.5 Å². The third-order valence-electron chi connectivity index (χ3n) is 5.74. The van der Waals surface area contributed by atoms with Gasteiger partial charge in [0.15, 0.2) is 0 Å². The number of carbonyl (C=O) groups excluding carboxylic acids is 1. The maximum atomic E-state index is 13.3. The van der Waals surface area contributed by atoms with E-state index in [-0.39, 0.29) is 18.7 Å². The van der Waals surface area contributed by atoms with Crippen molar-refractivity contribution in [3.05, 3.63) is 94.0 Å². The van der Waals surface area contributed by atoms with Gasteiger partial charge in [0, 0.05) is 12.1 Å². The summed E-state index contributed by atoms with van der Waals surface area (Å²) >= 11 is 3.57. The number of aryl methyl sites for hydroxylation is 2. The Morgan fingerprint density at radius 3 is 2.39 bits per heavy atom. The van der Waals surface area contributed by atoms with Crippen molar-refractivity contribution in [1.82, 2.24) is 0 Å². The SMILES string of the molecule is COc1cc2c(cc1Br)CCC(CCc1ccccc1)N2C(=O)OCc1ccccc1. The molecule has 0 spiro atoms. The quantitative estimate of drug-likeness (QED) is 0.402. The Bertz CT molecular complexity index is 1020. The van der Waals surface area contributed by atoms with Crippen molar-refractivity contribution >= 4 is 27.7 Å². The predicted octanol–water partition coefficient (Wildman–Crippen LogP) is 6.55. The van der Waals surface area contributed by atoms with Crippen LogP contribution < -0.4 is 9.64 Å². The Kier molecular flexibility index (Phi) is 6.92. The monoisotopic (exact) mass is 479 g/mol. The Labute approximate surface area is 191 Å². The molecule has 0 fully saturated rings. The molecular formula is C26H26BrNO3. The first-order chi connectivity index (χ1) is 15.2. The largest absolute Gasteiger partial charge is 0.495 e. The highest BCUT2D eigenvalue weighted by Crippen LogP contribution is 2.39. The van der Waals surface area contributed by atoms with E-state index in [0.29, 0.717) is 5.75 Å². The van der Waals surface area contributed by atoms with Gasteiger partial charge in [0.25, 0.3) is 0 Å². The second-order valence-electron chi connectivity index (χ2n) is 7.74. The molecule has 3 aromatic carbocycles. The van der Waals surface area contributed by atoms with E-state index in [4.69, 9.17) is 9.47 Å². The topological polar surface area (TPSA) is 38.8 Å². The highest BCUT2D eigenvalue weighted by Gasteiger charge is 2.33. The van der Waals surface area contributed by atoms with Gasteiger partial charge in [-0.3, -0.25) is 4.90 Å². The fraction of sp³-hybridized carbons (Fsp3) is 0.269. The lowest BCUT2D eigenvalue weighted by Gasteiger charge is -2.37.